The highest BCUT2D eigenvalue weighted by Crippen LogP contribution is 2.33. The van der Waals surface area contributed by atoms with Gasteiger partial charge in [-0.25, -0.2) is 4.68 Å². The fourth-order valence-electron chi connectivity index (χ4n) is 4.22. The monoisotopic (exact) mass is 420 g/mol. The molecule has 1 saturated heterocycles. The second-order valence-corrected chi connectivity index (χ2v) is 8.62. The van der Waals surface area contributed by atoms with Crippen molar-refractivity contribution in [2.24, 2.45) is 0 Å². The van der Waals surface area contributed by atoms with E-state index in [1.165, 1.54) is 5.56 Å². The van der Waals surface area contributed by atoms with Crippen molar-refractivity contribution in [3.05, 3.63) is 66.0 Å². The van der Waals surface area contributed by atoms with Crippen LogP contribution < -0.4 is 9.64 Å². The van der Waals surface area contributed by atoms with Gasteiger partial charge in [0.2, 0.25) is 0 Å². The van der Waals surface area contributed by atoms with Gasteiger partial charge in [-0.3, -0.25) is 4.90 Å². The van der Waals surface area contributed by atoms with Crippen LogP contribution in [0.3, 0.4) is 0 Å². The number of hydrogen-bond acceptors (Lipinski definition) is 6. The van der Waals surface area contributed by atoms with Crippen LogP contribution in [0.15, 0.2) is 54.6 Å². The van der Waals surface area contributed by atoms with E-state index in [4.69, 9.17) is 4.74 Å². The molecule has 1 aromatic heterocycles. The lowest BCUT2D eigenvalue weighted by atomic mass is 9.99. The van der Waals surface area contributed by atoms with Crippen LogP contribution in [0.1, 0.15) is 44.6 Å². The number of methoxy groups -OCH3 is 1. The third-order valence-electron chi connectivity index (χ3n) is 6.40. The first kappa shape index (κ1) is 21.3. The van der Waals surface area contributed by atoms with Crippen LogP contribution in [0.4, 0.5) is 5.69 Å². The molecule has 7 heteroatoms. The van der Waals surface area contributed by atoms with Crippen molar-refractivity contribution >= 4 is 5.69 Å². The van der Waals surface area contributed by atoms with E-state index in [0.29, 0.717) is 0 Å². The molecule has 2 heterocycles. The van der Waals surface area contributed by atoms with Crippen molar-refractivity contribution in [1.82, 2.24) is 25.1 Å². The third-order valence-corrected chi connectivity index (χ3v) is 6.40. The van der Waals surface area contributed by atoms with Gasteiger partial charge in [0.1, 0.15) is 5.75 Å². The summed E-state index contributed by atoms with van der Waals surface area (Å²) >= 11 is 0. The minimum atomic E-state index is -0.148. The van der Waals surface area contributed by atoms with Crippen LogP contribution in [0.5, 0.6) is 5.75 Å². The third kappa shape index (κ3) is 4.28. The fourth-order valence-corrected chi connectivity index (χ4v) is 4.22. The SMILES string of the molecule is CCC(C)(C)n1nnnc1C(c1ccccc1)N1CCN(c2ccccc2OC)CC1. The molecule has 0 radical (unpaired) electrons. The molecule has 3 aromatic rings. The summed E-state index contributed by atoms with van der Waals surface area (Å²) < 4.78 is 7.59. The number of para-hydroxylation sites is 2. The number of anilines is 1. The lowest BCUT2D eigenvalue weighted by Gasteiger charge is -2.40. The molecule has 0 aliphatic carbocycles. The molecule has 1 aliphatic heterocycles. The van der Waals surface area contributed by atoms with Crippen molar-refractivity contribution in [2.75, 3.05) is 38.2 Å². The van der Waals surface area contributed by atoms with Crippen molar-refractivity contribution in [3.63, 3.8) is 0 Å². The zero-order valence-electron chi connectivity index (χ0n) is 18.9. The van der Waals surface area contributed by atoms with Crippen molar-refractivity contribution in [3.8, 4) is 5.75 Å². The minimum Gasteiger partial charge on any atom is -0.495 e. The van der Waals surface area contributed by atoms with Gasteiger partial charge in [-0.15, -0.1) is 5.10 Å². The number of tetrazole rings is 1. The van der Waals surface area contributed by atoms with E-state index < -0.39 is 0 Å². The molecule has 0 N–H and O–H groups in total. The van der Waals surface area contributed by atoms with E-state index in [9.17, 15) is 0 Å². The first-order chi connectivity index (χ1) is 15.0. The molecule has 1 atom stereocenters. The van der Waals surface area contributed by atoms with Gasteiger partial charge in [0, 0.05) is 26.2 Å². The van der Waals surface area contributed by atoms with Crippen LogP contribution in [-0.4, -0.2) is 58.4 Å². The Morgan fingerprint density at radius 1 is 0.968 bits per heavy atom. The van der Waals surface area contributed by atoms with E-state index in [0.717, 1.165) is 49.9 Å². The van der Waals surface area contributed by atoms with Gasteiger partial charge < -0.3 is 9.64 Å². The molecule has 0 amide bonds. The standard InChI is InChI=1S/C24H32N6O/c1-5-24(2,3)30-23(25-26-27-30)22(19-11-7-6-8-12-19)29-17-15-28(16-18-29)20-13-9-10-14-21(20)31-4/h6-14,22H,5,15-18H2,1-4H3. The highest BCUT2D eigenvalue weighted by atomic mass is 16.5. The van der Waals surface area contributed by atoms with Gasteiger partial charge in [0.15, 0.2) is 5.82 Å². The zero-order chi connectivity index (χ0) is 21.8. The molecular formula is C24H32N6O. The molecule has 0 spiro atoms. The number of piperazine rings is 1. The summed E-state index contributed by atoms with van der Waals surface area (Å²) in [5, 5.41) is 13.0. The van der Waals surface area contributed by atoms with E-state index in [-0.39, 0.29) is 11.6 Å². The Bertz CT molecular complexity index is 978. The molecule has 7 nitrogen and oxygen atoms in total. The smallest absolute Gasteiger partial charge is 0.173 e. The lowest BCUT2D eigenvalue weighted by molar-refractivity contribution is 0.187. The van der Waals surface area contributed by atoms with Gasteiger partial charge in [0.05, 0.1) is 24.4 Å². The highest BCUT2D eigenvalue weighted by Gasteiger charge is 2.34. The summed E-state index contributed by atoms with van der Waals surface area (Å²) in [6.07, 6.45) is 0.953. The summed E-state index contributed by atoms with van der Waals surface area (Å²) in [5.41, 5.74) is 2.22. The van der Waals surface area contributed by atoms with E-state index in [1.807, 2.05) is 16.8 Å². The molecule has 1 aliphatic rings. The Morgan fingerprint density at radius 2 is 1.65 bits per heavy atom. The van der Waals surface area contributed by atoms with Gasteiger partial charge in [0.25, 0.3) is 0 Å². The van der Waals surface area contributed by atoms with Crippen molar-refractivity contribution in [2.45, 2.75) is 38.8 Å². The van der Waals surface area contributed by atoms with Gasteiger partial charge >= 0.3 is 0 Å². The molecule has 31 heavy (non-hydrogen) atoms. The van der Waals surface area contributed by atoms with Crippen LogP contribution >= 0.6 is 0 Å². The Labute approximate surface area is 184 Å². The maximum Gasteiger partial charge on any atom is 0.173 e. The summed E-state index contributed by atoms with van der Waals surface area (Å²) in [7, 11) is 1.73. The Kier molecular flexibility index (Phi) is 6.23. The summed E-state index contributed by atoms with van der Waals surface area (Å²) in [6.45, 7) is 10.2. The predicted molar refractivity (Wildman–Crippen MR) is 122 cm³/mol. The van der Waals surface area contributed by atoms with E-state index >= 15 is 0 Å². The number of rotatable bonds is 7. The Morgan fingerprint density at radius 3 is 2.32 bits per heavy atom. The largest absolute Gasteiger partial charge is 0.495 e. The normalized spacial score (nSPS) is 16.3. The number of ether oxygens (including phenoxy) is 1. The highest BCUT2D eigenvalue weighted by molar-refractivity contribution is 5.58. The van der Waals surface area contributed by atoms with Gasteiger partial charge in [-0.05, 0) is 48.4 Å². The summed E-state index contributed by atoms with van der Waals surface area (Å²) in [6, 6.07) is 18.8. The minimum absolute atomic E-state index is 0.0156. The number of benzene rings is 2. The molecular weight excluding hydrogens is 388 g/mol. The Hall–Kier alpha value is -2.93. The van der Waals surface area contributed by atoms with Gasteiger partial charge in [-0.1, -0.05) is 49.4 Å². The topological polar surface area (TPSA) is 59.3 Å². The van der Waals surface area contributed by atoms with Crippen molar-refractivity contribution < 1.29 is 4.74 Å². The second-order valence-electron chi connectivity index (χ2n) is 8.62. The van der Waals surface area contributed by atoms with Crippen LogP contribution in [-0.2, 0) is 5.54 Å². The molecule has 1 fully saturated rings. The molecule has 0 bridgehead atoms. The molecule has 164 valence electrons. The Balaban J connectivity index is 1.63. The van der Waals surface area contributed by atoms with E-state index in [1.54, 1.807) is 7.11 Å². The molecule has 1 unspecified atom stereocenters. The number of aromatic nitrogens is 4. The maximum atomic E-state index is 5.58. The first-order valence-corrected chi connectivity index (χ1v) is 11.0. The van der Waals surface area contributed by atoms with Crippen LogP contribution in [0.2, 0.25) is 0 Å². The predicted octanol–water partition coefficient (Wildman–Crippen LogP) is 3.74. The van der Waals surface area contributed by atoms with Crippen molar-refractivity contribution in [1.29, 1.82) is 0 Å². The van der Waals surface area contributed by atoms with Crippen LogP contribution in [0.25, 0.3) is 0 Å². The lowest BCUT2D eigenvalue weighted by Crippen LogP contribution is -2.49. The van der Waals surface area contributed by atoms with Gasteiger partial charge in [-0.2, -0.15) is 0 Å². The first-order valence-electron chi connectivity index (χ1n) is 11.0. The summed E-state index contributed by atoms with van der Waals surface area (Å²) in [5.74, 6) is 1.83. The molecule has 0 saturated carbocycles. The maximum absolute atomic E-state index is 5.58. The average molecular weight is 421 g/mol. The van der Waals surface area contributed by atoms with E-state index in [2.05, 4.69) is 88.6 Å². The van der Waals surface area contributed by atoms with Crippen LogP contribution in [0, 0.1) is 0 Å². The number of nitrogens with zero attached hydrogens (tertiary/aromatic N) is 6. The summed E-state index contributed by atoms with van der Waals surface area (Å²) in [4.78, 5) is 4.89. The quantitative estimate of drug-likeness (QED) is 0.580. The average Bonchev–Trinajstić information content (AvgIpc) is 3.31. The zero-order valence-corrected chi connectivity index (χ0v) is 18.9. The second kappa shape index (κ2) is 9.06. The molecule has 2 aromatic carbocycles. The molecule has 4 rings (SSSR count). The fraction of sp³-hybridized carbons (Fsp3) is 0.458. The number of hydrogen-bond donors (Lipinski definition) is 0.